The van der Waals surface area contributed by atoms with E-state index in [2.05, 4.69) is 5.32 Å². The molecule has 0 aromatic heterocycles. The highest BCUT2D eigenvalue weighted by molar-refractivity contribution is 5.96. The molecule has 1 aromatic carbocycles. The molecular weight excluding hydrogens is 346 g/mol. The molecule has 0 radical (unpaired) electrons. The summed E-state index contributed by atoms with van der Waals surface area (Å²) in [5, 5.41) is 2.19. The quantitative estimate of drug-likeness (QED) is 0.807. The van der Waals surface area contributed by atoms with Gasteiger partial charge in [0.25, 0.3) is 11.8 Å². The van der Waals surface area contributed by atoms with Gasteiger partial charge in [-0.25, -0.2) is 8.78 Å². The van der Waals surface area contributed by atoms with Crippen molar-refractivity contribution in [2.24, 2.45) is 0 Å². The third-order valence-electron chi connectivity index (χ3n) is 4.14. The normalized spacial score (nSPS) is 15.7. The zero-order chi connectivity index (χ0) is 19.1. The Kier molecular flexibility index (Phi) is 7.06. The average Bonchev–Trinajstić information content (AvgIpc) is 2.88. The van der Waals surface area contributed by atoms with E-state index in [-0.39, 0.29) is 11.5 Å². The summed E-state index contributed by atoms with van der Waals surface area (Å²) in [5.41, 5.74) is -0.382. The molecule has 6 nitrogen and oxygen atoms in total. The lowest BCUT2D eigenvalue weighted by atomic mass is 10.2. The first kappa shape index (κ1) is 19.8. The molecule has 8 heteroatoms. The van der Waals surface area contributed by atoms with Crippen LogP contribution in [0.5, 0.6) is 0 Å². The molecule has 0 bridgehead atoms. The van der Waals surface area contributed by atoms with Crippen molar-refractivity contribution < 1.29 is 27.9 Å². The summed E-state index contributed by atoms with van der Waals surface area (Å²) >= 11 is 0. The van der Waals surface area contributed by atoms with Gasteiger partial charge in [0, 0.05) is 19.2 Å². The topological polar surface area (TPSA) is 75.7 Å². The van der Waals surface area contributed by atoms with Gasteiger partial charge in [-0.1, -0.05) is 12.8 Å². The molecule has 1 heterocycles. The Morgan fingerprint density at radius 2 is 1.81 bits per heavy atom. The Bertz CT molecular complexity index is 673. The number of benzene rings is 1. The predicted molar refractivity (Wildman–Crippen MR) is 89.3 cm³/mol. The van der Waals surface area contributed by atoms with Crippen molar-refractivity contribution in [1.82, 2.24) is 10.2 Å². The second-order valence-corrected chi connectivity index (χ2v) is 6.18. The SMILES string of the molecule is CC(OC(=O)CNC(=O)c1ccc(F)cc1F)C(=O)N1CCCCCC1. The van der Waals surface area contributed by atoms with Crippen LogP contribution in [0, 0.1) is 11.6 Å². The molecule has 1 saturated heterocycles. The molecule has 0 saturated carbocycles. The van der Waals surface area contributed by atoms with Crippen molar-refractivity contribution in [3.63, 3.8) is 0 Å². The molecule has 1 N–H and O–H groups in total. The summed E-state index contributed by atoms with van der Waals surface area (Å²) < 4.78 is 31.4. The predicted octanol–water partition coefficient (Wildman–Crippen LogP) is 2.03. The van der Waals surface area contributed by atoms with Gasteiger partial charge in [0.05, 0.1) is 5.56 Å². The fourth-order valence-electron chi connectivity index (χ4n) is 2.76. The maximum absolute atomic E-state index is 13.5. The van der Waals surface area contributed by atoms with E-state index >= 15 is 0 Å². The second kappa shape index (κ2) is 9.26. The van der Waals surface area contributed by atoms with Crippen molar-refractivity contribution in [2.75, 3.05) is 19.6 Å². The van der Waals surface area contributed by atoms with Crippen LogP contribution in [0.1, 0.15) is 43.0 Å². The molecule has 0 aliphatic carbocycles. The van der Waals surface area contributed by atoms with E-state index in [0.717, 1.165) is 37.8 Å². The maximum atomic E-state index is 13.5. The van der Waals surface area contributed by atoms with Crippen LogP contribution in [-0.4, -0.2) is 48.4 Å². The molecule has 1 aromatic rings. The number of amides is 2. The molecular formula is C18H22F2N2O4. The number of carbonyl (C=O) groups excluding carboxylic acids is 3. The molecule has 26 heavy (non-hydrogen) atoms. The van der Waals surface area contributed by atoms with E-state index in [0.29, 0.717) is 19.2 Å². The van der Waals surface area contributed by atoms with Crippen molar-refractivity contribution in [3.05, 3.63) is 35.4 Å². The highest BCUT2D eigenvalue weighted by atomic mass is 19.1. The van der Waals surface area contributed by atoms with Gasteiger partial charge < -0.3 is 15.0 Å². The first-order valence-electron chi connectivity index (χ1n) is 8.60. The molecule has 2 rings (SSSR count). The number of nitrogens with one attached hydrogen (secondary N) is 1. The monoisotopic (exact) mass is 368 g/mol. The van der Waals surface area contributed by atoms with Crippen LogP contribution in [0.3, 0.4) is 0 Å². The number of ether oxygens (including phenoxy) is 1. The second-order valence-electron chi connectivity index (χ2n) is 6.18. The maximum Gasteiger partial charge on any atom is 0.326 e. The summed E-state index contributed by atoms with van der Waals surface area (Å²) in [6, 6.07) is 2.50. The number of nitrogens with zero attached hydrogens (tertiary/aromatic N) is 1. The molecule has 1 fully saturated rings. The van der Waals surface area contributed by atoms with Crippen LogP contribution in [0.2, 0.25) is 0 Å². The van der Waals surface area contributed by atoms with E-state index in [9.17, 15) is 23.2 Å². The molecule has 1 unspecified atom stereocenters. The van der Waals surface area contributed by atoms with Gasteiger partial charge in [-0.05, 0) is 31.9 Å². The van der Waals surface area contributed by atoms with Gasteiger partial charge in [0.1, 0.15) is 18.2 Å². The van der Waals surface area contributed by atoms with Crippen LogP contribution < -0.4 is 5.32 Å². The molecule has 142 valence electrons. The molecule has 1 aliphatic rings. The molecule has 0 spiro atoms. The lowest BCUT2D eigenvalue weighted by Gasteiger charge is -2.24. The third-order valence-corrected chi connectivity index (χ3v) is 4.14. The fourth-order valence-corrected chi connectivity index (χ4v) is 2.76. The third kappa shape index (κ3) is 5.50. The van der Waals surface area contributed by atoms with Crippen LogP contribution in [0.15, 0.2) is 18.2 Å². The fraction of sp³-hybridized carbons (Fsp3) is 0.500. The molecule has 1 aliphatic heterocycles. The minimum Gasteiger partial charge on any atom is -0.451 e. The van der Waals surface area contributed by atoms with Crippen LogP contribution in [0.4, 0.5) is 8.78 Å². The Balaban J connectivity index is 1.81. The number of hydrogen-bond donors (Lipinski definition) is 1. The summed E-state index contributed by atoms with van der Waals surface area (Å²) in [6.07, 6.45) is 3.03. The van der Waals surface area contributed by atoms with Crippen molar-refractivity contribution in [2.45, 2.75) is 38.7 Å². The first-order chi connectivity index (χ1) is 12.4. The summed E-state index contributed by atoms with van der Waals surface area (Å²) in [6.45, 7) is 2.24. The van der Waals surface area contributed by atoms with Gasteiger partial charge in [-0.15, -0.1) is 0 Å². The van der Waals surface area contributed by atoms with E-state index in [1.807, 2.05) is 0 Å². The van der Waals surface area contributed by atoms with Crippen molar-refractivity contribution >= 4 is 17.8 Å². The van der Waals surface area contributed by atoms with Crippen LogP contribution in [-0.2, 0) is 14.3 Å². The van der Waals surface area contributed by atoms with Gasteiger partial charge >= 0.3 is 5.97 Å². The van der Waals surface area contributed by atoms with Gasteiger partial charge in [0.2, 0.25) is 0 Å². The van der Waals surface area contributed by atoms with Gasteiger partial charge in [-0.2, -0.15) is 0 Å². The van der Waals surface area contributed by atoms with Gasteiger partial charge in [0.15, 0.2) is 6.10 Å². The zero-order valence-electron chi connectivity index (χ0n) is 14.6. The number of halogens is 2. The number of hydrogen-bond acceptors (Lipinski definition) is 4. The van der Waals surface area contributed by atoms with Crippen LogP contribution >= 0.6 is 0 Å². The van der Waals surface area contributed by atoms with Crippen LogP contribution in [0.25, 0.3) is 0 Å². The Morgan fingerprint density at radius 1 is 1.15 bits per heavy atom. The largest absolute Gasteiger partial charge is 0.451 e. The lowest BCUT2D eigenvalue weighted by Crippen LogP contribution is -2.42. The highest BCUT2D eigenvalue weighted by Gasteiger charge is 2.24. The average molecular weight is 368 g/mol. The standard InChI is InChI=1S/C18H22F2N2O4/c1-12(18(25)22-8-4-2-3-5-9-22)26-16(23)11-21-17(24)14-7-6-13(19)10-15(14)20/h6-7,10,12H,2-5,8-9,11H2,1H3,(H,21,24). The van der Waals surface area contributed by atoms with E-state index in [1.165, 1.54) is 6.92 Å². The molecule has 2 amide bonds. The number of carbonyl (C=O) groups is 3. The summed E-state index contributed by atoms with van der Waals surface area (Å²) in [7, 11) is 0. The highest BCUT2D eigenvalue weighted by Crippen LogP contribution is 2.12. The smallest absolute Gasteiger partial charge is 0.326 e. The summed E-state index contributed by atoms with van der Waals surface area (Å²) in [4.78, 5) is 37.6. The number of rotatable bonds is 5. The van der Waals surface area contributed by atoms with E-state index in [1.54, 1.807) is 4.90 Å². The van der Waals surface area contributed by atoms with E-state index < -0.39 is 36.2 Å². The van der Waals surface area contributed by atoms with E-state index in [4.69, 9.17) is 4.74 Å². The molecule has 1 atom stereocenters. The number of esters is 1. The minimum absolute atomic E-state index is 0.267. The first-order valence-corrected chi connectivity index (χ1v) is 8.60. The Labute approximate surface area is 150 Å². The Morgan fingerprint density at radius 3 is 2.42 bits per heavy atom. The Hall–Kier alpha value is -2.51. The lowest BCUT2D eigenvalue weighted by molar-refractivity contribution is -0.158. The van der Waals surface area contributed by atoms with Crippen molar-refractivity contribution in [3.8, 4) is 0 Å². The number of likely N-dealkylation sites (tertiary alicyclic amines) is 1. The van der Waals surface area contributed by atoms with Crippen molar-refractivity contribution in [1.29, 1.82) is 0 Å². The van der Waals surface area contributed by atoms with Gasteiger partial charge in [-0.3, -0.25) is 14.4 Å². The minimum atomic E-state index is -1.03. The summed E-state index contributed by atoms with van der Waals surface area (Å²) in [5.74, 6) is -3.78. The zero-order valence-corrected chi connectivity index (χ0v) is 14.6.